The van der Waals surface area contributed by atoms with Crippen LogP contribution in [0.2, 0.25) is 0 Å². The first kappa shape index (κ1) is 13.1. The first-order valence-electron chi connectivity index (χ1n) is 6.61. The number of carboxylic acids is 1. The largest absolute Gasteiger partial charge is 0.481 e. The Morgan fingerprint density at radius 1 is 1.17 bits per heavy atom. The van der Waals surface area contributed by atoms with E-state index < -0.39 is 11.4 Å². The fraction of sp³-hybridized carbons (Fsp3) is 0.562. The van der Waals surface area contributed by atoms with Crippen molar-refractivity contribution in [3.05, 3.63) is 35.4 Å². The van der Waals surface area contributed by atoms with Gasteiger partial charge in [0.25, 0.3) is 0 Å². The number of aliphatic carboxylic acids is 1. The second kappa shape index (κ2) is 4.11. The molecule has 0 aliphatic heterocycles. The van der Waals surface area contributed by atoms with Gasteiger partial charge in [-0.1, -0.05) is 52.0 Å². The van der Waals surface area contributed by atoms with E-state index in [0.717, 1.165) is 18.4 Å². The lowest BCUT2D eigenvalue weighted by atomic mass is 9.52. The molecule has 2 nitrogen and oxygen atoms in total. The van der Waals surface area contributed by atoms with Crippen LogP contribution in [0.15, 0.2) is 24.3 Å². The Morgan fingerprint density at radius 3 is 2.00 bits per heavy atom. The summed E-state index contributed by atoms with van der Waals surface area (Å²) < 4.78 is 0. The highest BCUT2D eigenvalue weighted by molar-refractivity contribution is 5.83. The van der Waals surface area contributed by atoms with Crippen molar-refractivity contribution in [2.75, 3.05) is 0 Å². The molecule has 1 N–H and O–H groups in total. The van der Waals surface area contributed by atoms with Crippen LogP contribution in [0, 0.1) is 5.41 Å². The smallest absolute Gasteiger partial charge is 0.314 e. The molecule has 1 fully saturated rings. The maximum Gasteiger partial charge on any atom is 0.314 e. The van der Waals surface area contributed by atoms with Crippen LogP contribution in [-0.4, -0.2) is 11.1 Å². The van der Waals surface area contributed by atoms with Gasteiger partial charge < -0.3 is 5.11 Å². The standard InChI is InChI=1S/C16H22O2/c1-11(2)12-5-7-13(8-6-12)16(14(17)18)9-15(3,4)10-16/h5-8,11H,9-10H2,1-4H3,(H,17,18). The second-order valence-electron chi connectivity index (χ2n) is 6.68. The molecule has 0 heterocycles. The molecule has 98 valence electrons. The van der Waals surface area contributed by atoms with E-state index in [1.807, 2.05) is 12.1 Å². The fourth-order valence-corrected chi connectivity index (χ4v) is 3.25. The van der Waals surface area contributed by atoms with Gasteiger partial charge in [-0.25, -0.2) is 0 Å². The number of carbonyl (C=O) groups is 1. The van der Waals surface area contributed by atoms with Crippen LogP contribution in [0.25, 0.3) is 0 Å². The molecule has 1 aromatic carbocycles. The second-order valence-corrected chi connectivity index (χ2v) is 6.68. The van der Waals surface area contributed by atoms with Gasteiger partial charge in [0.2, 0.25) is 0 Å². The third kappa shape index (κ3) is 2.05. The SMILES string of the molecule is CC(C)c1ccc(C2(C(=O)O)CC(C)(C)C2)cc1. The van der Waals surface area contributed by atoms with Crippen molar-refractivity contribution >= 4 is 5.97 Å². The van der Waals surface area contributed by atoms with Gasteiger partial charge in [0.05, 0.1) is 5.41 Å². The van der Waals surface area contributed by atoms with Crippen molar-refractivity contribution in [2.45, 2.75) is 51.9 Å². The Hall–Kier alpha value is -1.31. The lowest BCUT2D eigenvalue weighted by Crippen LogP contribution is -2.52. The molecule has 1 aromatic rings. The molecule has 0 bridgehead atoms. The Kier molecular flexibility index (Phi) is 3.00. The van der Waals surface area contributed by atoms with Crippen LogP contribution in [0.1, 0.15) is 57.6 Å². The summed E-state index contributed by atoms with van der Waals surface area (Å²) in [5.41, 5.74) is 1.71. The van der Waals surface area contributed by atoms with Crippen LogP contribution in [0.3, 0.4) is 0 Å². The fourth-order valence-electron chi connectivity index (χ4n) is 3.25. The van der Waals surface area contributed by atoms with Gasteiger partial charge >= 0.3 is 5.97 Å². The van der Waals surface area contributed by atoms with Crippen molar-refractivity contribution in [3.63, 3.8) is 0 Å². The topological polar surface area (TPSA) is 37.3 Å². The van der Waals surface area contributed by atoms with Crippen LogP contribution < -0.4 is 0 Å². The third-order valence-electron chi connectivity index (χ3n) is 4.10. The molecule has 0 aromatic heterocycles. The molecular formula is C16H22O2. The summed E-state index contributed by atoms with van der Waals surface area (Å²) in [5.74, 6) is -0.197. The minimum absolute atomic E-state index is 0.148. The predicted octanol–water partition coefficient (Wildman–Crippen LogP) is 3.95. The molecule has 0 atom stereocenters. The lowest BCUT2D eigenvalue weighted by Gasteiger charge is -2.50. The predicted molar refractivity (Wildman–Crippen MR) is 72.9 cm³/mol. The molecule has 2 rings (SSSR count). The highest BCUT2D eigenvalue weighted by atomic mass is 16.4. The van der Waals surface area contributed by atoms with Gasteiger partial charge in [-0.2, -0.15) is 0 Å². The first-order valence-corrected chi connectivity index (χ1v) is 6.61. The summed E-state index contributed by atoms with van der Waals surface area (Å²) in [6, 6.07) is 8.13. The Morgan fingerprint density at radius 2 is 1.67 bits per heavy atom. The summed E-state index contributed by atoms with van der Waals surface area (Å²) in [6.07, 6.45) is 1.46. The summed E-state index contributed by atoms with van der Waals surface area (Å²) in [4.78, 5) is 11.6. The van der Waals surface area contributed by atoms with E-state index in [2.05, 4.69) is 39.8 Å². The van der Waals surface area contributed by atoms with Crippen LogP contribution in [0.4, 0.5) is 0 Å². The maximum atomic E-state index is 11.6. The van der Waals surface area contributed by atoms with Crippen LogP contribution >= 0.6 is 0 Å². The molecule has 1 saturated carbocycles. The zero-order valence-electron chi connectivity index (χ0n) is 11.7. The highest BCUT2D eigenvalue weighted by Gasteiger charge is 2.55. The Balaban J connectivity index is 2.31. The molecule has 0 unspecified atom stereocenters. The number of benzene rings is 1. The Bertz CT molecular complexity index is 446. The van der Waals surface area contributed by atoms with Gasteiger partial charge in [-0.3, -0.25) is 4.79 Å². The van der Waals surface area contributed by atoms with E-state index in [9.17, 15) is 9.90 Å². The van der Waals surface area contributed by atoms with Crippen molar-refractivity contribution in [3.8, 4) is 0 Å². The lowest BCUT2D eigenvalue weighted by molar-refractivity contribution is -0.153. The van der Waals surface area contributed by atoms with Gasteiger partial charge in [0.1, 0.15) is 0 Å². The highest BCUT2D eigenvalue weighted by Crippen LogP contribution is 2.55. The summed E-state index contributed by atoms with van der Waals surface area (Å²) >= 11 is 0. The minimum atomic E-state index is -0.681. The van der Waals surface area contributed by atoms with E-state index in [1.165, 1.54) is 5.56 Å². The Labute approximate surface area is 109 Å². The molecule has 0 saturated heterocycles. The van der Waals surface area contributed by atoms with E-state index in [0.29, 0.717) is 5.92 Å². The minimum Gasteiger partial charge on any atom is -0.481 e. The van der Waals surface area contributed by atoms with Crippen molar-refractivity contribution < 1.29 is 9.90 Å². The quantitative estimate of drug-likeness (QED) is 0.876. The van der Waals surface area contributed by atoms with E-state index in [4.69, 9.17) is 0 Å². The molecule has 1 aliphatic carbocycles. The molecule has 1 aliphatic rings. The third-order valence-corrected chi connectivity index (χ3v) is 4.10. The van der Waals surface area contributed by atoms with Gasteiger partial charge in [0.15, 0.2) is 0 Å². The monoisotopic (exact) mass is 246 g/mol. The molecule has 0 spiro atoms. The zero-order valence-corrected chi connectivity index (χ0v) is 11.7. The average molecular weight is 246 g/mol. The number of carboxylic acid groups (broad SMARTS) is 1. The summed E-state index contributed by atoms with van der Waals surface area (Å²) in [5, 5.41) is 9.55. The molecule has 0 radical (unpaired) electrons. The van der Waals surface area contributed by atoms with Gasteiger partial charge in [-0.15, -0.1) is 0 Å². The van der Waals surface area contributed by atoms with E-state index >= 15 is 0 Å². The van der Waals surface area contributed by atoms with E-state index in [-0.39, 0.29) is 5.41 Å². The van der Waals surface area contributed by atoms with Crippen molar-refractivity contribution in [1.82, 2.24) is 0 Å². The van der Waals surface area contributed by atoms with Crippen LogP contribution in [-0.2, 0) is 10.2 Å². The maximum absolute atomic E-state index is 11.6. The van der Waals surface area contributed by atoms with E-state index in [1.54, 1.807) is 0 Å². The number of rotatable bonds is 3. The average Bonchev–Trinajstić information content (AvgIpc) is 2.25. The molecular weight excluding hydrogens is 224 g/mol. The van der Waals surface area contributed by atoms with Gasteiger partial charge in [-0.05, 0) is 35.3 Å². The van der Waals surface area contributed by atoms with Gasteiger partial charge in [0, 0.05) is 0 Å². The molecule has 18 heavy (non-hydrogen) atoms. The zero-order chi connectivity index (χ0) is 13.6. The van der Waals surface area contributed by atoms with Crippen LogP contribution in [0.5, 0.6) is 0 Å². The summed E-state index contributed by atoms with van der Waals surface area (Å²) in [7, 11) is 0. The number of hydrogen-bond acceptors (Lipinski definition) is 1. The molecule has 2 heteroatoms. The first-order chi connectivity index (χ1) is 8.27. The molecule has 0 amide bonds. The summed E-state index contributed by atoms with van der Waals surface area (Å²) in [6.45, 7) is 8.57. The normalized spacial score (nSPS) is 20.5. The number of hydrogen-bond donors (Lipinski definition) is 1. The van der Waals surface area contributed by atoms with Crippen molar-refractivity contribution in [2.24, 2.45) is 5.41 Å². The van der Waals surface area contributed by atoms with Crippen molar-refractivity contribution in [1.29, 1.82) is 0 Å².